The van der Waals surface area contributed by atoms with Gasteiger partial charge in [-0.15, -0.1) is 0 Å². The van der Waals surface area contributed by atoms with Gasteiger partial charge in [0.05, 0.1) is 0 Å². The molecule has 0 aliphatic rings. The zero-order chi connectivity index (χ0) is 11.8. The van der Waals surface area contributed by atoms with Crippen LogP contribution in [0.3, 0.4) is 0 Å². The summed E-state index contributed by atoms with van der Waals surface area (Å²) in [5.74, 6) is 0. The Morgan fingerprint density at radius 1 is 1.38 bits per heavy atom. The maximum absolute atomic E-state index is 5.47. The van der Waals surface area contributed by atoms with Gasteiger partial charge in [-0.1, -0.05) is 0 Å². The fourth-order valence-corrected chi connectivity index (χ4v) is 2.89. The van der Waals surface area contributed by atoms with Crippen molar-refractivity contribution in [3.63, 3.8) is 0 Å². The van der Waals surface area contributed by atoms with Crippen molar-refractivity contribution in [1.29, 1.82) is 0 Å². The van der Waals surface area contributed by atoms with Gasteiger partial charge < -0.3 is 0 Å². The molecule has 0 atom stereocenters. The Morgan fingerprint density at radius 3 is 2.62 bits per heavy atom. The number of allylic oxidation sites excluding steroid dienone is 1. The normalized spacial score (nSPS) is 11.2. The molecule has 0 aromatic heterocycles. The van der Waals surface area contributed by atoms with Gasteiger partial charge in [0.2, 0.25) is 0 Å². The molecule has 86 valence electrons. The fraction of sp³-hybridized carbons (Fsp3) is 0.286. The van der Waals surface area contributed by atoms with Gasteiger partial charge in [0, 0.05) is 0 Å². The van der Waals surface area contributed by atoms with Crippen LogP contribution in [0.5, 0.6) is 0 Å². The van der Waals surface area contributed by atoms with Crippen LogP contribution in [-0.2, 0) is 4.74 Å². The van der Waals surface area contributed by atoms with E-state index in [9.17, 15) is 0 Å². The molecule has 16 heavy (non-hydrogen) atoms. The van der Waals surface area contributed by atoms with Gasteiger partial charge in [-0.2, -0.15) is 0 Å². The van der Waals surface area contributed by atoms with Gasteiger partial charge in [-0.3, -0.25) is 0 Å². The Kier molecular flexibility index (Phi) is 5.99. The standard InChI is InChI=1S/C14H18OSe/c1-4-13(11-15-10-12(2)3)16-14-8-6-5-7-9-14/h5-9,11H,2,4,10H2,1,3H3/b13-11-. The van der Waals surface area contributed by atoms with Gasteiger partial charge in [-0.25, -0.2) is 0 Å². The zero-order valence-electron chi connectivity index (χ0n) is 9.90. The van der Waals surface area contributed by atoms with E-state index >= 15 is 0 Å². The molecule has 0 bridgehead atoms. The molecule has 0 spiro atoms. The first kappa shape index (κ1) is 13.1. The fourth-order valence-electron chi connectivity index (χ4n) is 1.10. The van der Waals surface area contributed by atoms with E-state index in [-0.39, 0.29) is 0 Å². The van der Waals surface area contributed by atoms with E-state index in [2.05, 4.69) is 37.8 Å². The number of ether oxygens (including phenoxy) is 1. The van der Waals surface area contributed by atoms with E-state index in [1.807, 2.05) is 19.3 Å². The molecule has 0 unspecified atom stereocenters. The van der Waals surface area contributed by atoms with Gasteiger partial charge in [0.1, 0.15) is 0 Å². The maximum atomic E-state index is 5.47. The molecule has 0 fully saturated rings. The van der Waals surface area contributed by atoms with Gasteiger partial charge >= 0.3 is 104 Å². The van der Waals surface area contributed by atoms with Crippen LogP contribution in [0.25, 0.3) is 0 Å². The van der Waals surface area contributed by atoms with E-state index in [4.69, 9.17) is 4.74 Å². The molecule has 0 amide bonds. The predicted molar refractivity (Wildman–Crippen MR) is 71.0 cm³/mol. The van der Waals surface area contributed by atoms with Crippen molar-refractivity contribution in [2.75, 3.05) is 6.61 Å². The van der Waals surface area contributed by atoms with Crippen LogP contribution < -0.4 is 4.46 Å². The second-order valence-corrected chi connectivity index (χ2v) is 6.14. The predicted octanol–water partition coefficient (Wildman–Crippen LogP) is 2.86. The molecule has 1 nitrogen and oxygen atoms in total. The molecule has 0 aliphatic heterocycles. The zero-order valence-corrected chi connectivity index (χ0v) is 11.6. The quantitative estimate of drug-likeness (QED) is 0.442. The Bertz CT molecular complexity index is 354. The summed E-state index contributed by atoms with van der Waals surface area (Å²) in [6, 6.07) is 10.6. The monoisotopic (exact) mass is 282 g/mol. The average molecular weight is 281 g/mol. The first-order chi connectivity index (χ1) is 7.72. The molecule has 2 heteroatoms. The summed E-state index contributed by atoms with van der Waals surface area (Å²) in [5, 5.41) is 0. The SMILES string of the molecule is C=C(C)CO/C=C(/CC)[Se]c1ccccc1. The van der Waals surface area contributed by atoms with Crippen LogP contribution in [0, 0.1) is 0 Å². The Labute approximate surface area is 104 Å². The summed E-state index contributed by atoms with van der Waals surface area (Å²) >= 11 is 0.380. The molecule has 1 aromatic rings. The first-order valence-corrected chi connectivity index (χ1v) is 7.11. The third-order valence-corrected chi connectivity index (χ3v) is 4.31. The molecular formula is C14H18OSe. The van der Waals surface area contributed by atoms with Crippen LogP contribution in [0.2, 0.25) is 0 Å². The van der Waals surface area contributed by atoms with Crippen molar-refractivity contribution < 1.29 is 4.74 Å². The van der Waals surface area contributed by atoms with Crippen molar-refractivity contribution >= 4 is 19.4 Å². The second kappa shape index (κ2) is 7.32. The van der Waals surface area contributed by atoms with Crippen molar-refractivity contribution in [2.45, 2.75) is 20.3 Å². The number of benzene rings is 1. The number of hydrogen-bond acceptors (Lipinski definition) is 1. The van der Waals surface area contributed by atoms with Gasteiger partial charge in [0.15, 0.2) is 0 Å². The topological polar surface area (TPSA) is 9.23 Å². The van der Waals surface area contributed by atoms with Crippen molar-refractivity contribution in [2.24, 2.45) is 0 Å². The van der Waals surface area contributed by atoms with Crippen LogP contribution in [-0.4, -0.2) is 21.6 Å². The Morgan fingerprint density at radius 2 is 2.06 bits per heavy atom. The third kappa shape index (κ3) is 5.20. The molecule has 0 heterocycles. The van der Waals surface area contributed by atoms with Gasteiger partial charge in [-0.05, 0) is 0 Å². The minimum absolute atomic E-state index is 0.380. The minimum atomic E-state index is 0.380. The van der Waals surface area contributed by atoms with E-state index in [0.29, 0.717) is 21.6 Å². The molecular weight excluding hydrogens is 263 g/mol. The molecule has 1 aromatic carbocycles. The van der Waals surface area contributed by atoms with E-state index in [1.165, 1.54) is 8.93 Å². The van der Waals surface area contributed by atoms with Crippen molar-refractivity contribution in [3.05, 3.63) is 53.2 Å². The van der Waals surface area contributed by atoms with Crippen molar-refractivity contribution in [1.82, 2.24) is 0 Å². The molecule has 0 aliphatic carbocycles. The van der Waals surface area contributed by atoms with Crippen molar-refractivity contribution in [3.8, 4) is 0 Å². The Hall–Kier alpha value is -0.981. The first-order valence-electron chi connectivity index (χ1n) is 5.40. The van der Waals surface area contributed by atoms with Crippen LogP contribution in [0.4, 0.5) is 0 Å². The third-order valence-electron chi connectivity index (χ3n) is 1.89. The van der Waals surface area contributed by atoms with Crippen LogP contribution in [0.1, 0.15) is 20.3 Å². The summed E-state index contributed by atoms with van der Waals surface area (Å²) in [7, 11) is 0. The summed E-state index contributed by atoms with van der Waals surface area (Å²) in [6.07, 6.45) is 2.95. The summed E-state index contributed by atoms with van der Waals surface area (Å²) < 4.78 is 8.24. The molecule has 0 radical (unpaired) electrons. The summed E-state index contributed by atoms with van der Waals surface area (Å²) in [6.45, 7) is 8.57. The molecule has 0 N–H and O–H groups in total. The van der Waals surface area contributed by atoms with Crippen LogP contribution in [0.15, 0.2) is 53.2 Å². The summed E-state index contributed by atoms with van der Waals surface area (Å²) in [5.41, 5.74) is 1.05. The number of rotatable bonds is 6. The van der Waals surface area contributed by atoms with E-state index in [0.717, 1.165) is 12.0 Å². The average Bonchev–Trinajstić information content (AvgIpc) is 2.28. The van der Waals surface area contributed by atoms with Gasteiger partial charge in [0.25, 0.3) is 0 Å². The number of hydrogen-bond donors (Lipinski definition) is 0. The molecule has 0 saturated heterocycles. The van der Waals surface area contributed by atoms with Crippen LogP contribution >= 0.6 is 0 Å². The molecule has 1 rings (SSSR count). The summed E-state index contributed by atoms with van der Waals surface area (Å²) in [4.78, 5) is 0. The van der Waals surface area contributed by atoms with E-state index < -0.39 is 0 Å². The van der Waals surface area contributed by atoms with E-state index in [1.54, 1.807) is 0 Å². The molecule has 0 saturated carbocycles. The second-order valence-electron chi connectivity index (χ2n) is 3.62. The Balaban J connectivity index is 2.52.